The third kappa shape index (κ3) is 3.77. The number of hydrogen-bond acceptors (Lipinski definition) is 10. The van der Waals surface area contributed by atoms with Crippen molar-refractivity contribution in [3.8, 4) is 34.5 Å². The van der Waals surface area contributed by atoms with E-state index in [0.29, 0.717) is 22.8 Å². The number of pyridine rings is 1. The van der Waals surface area contributed by atoms with Gasteiger partial charge >= 0.3 is 5.82 Å². The molecule has 0 fully saturated rings. The van der Waals surface area contributed by atoms with E-state index in [-0.39, 0.29) is 24.1 Å². The first-order valence-electron chi connectivity index (χ1n) is 7.92. The lowest BCUT2D eigenvalue weighted by atomic mass is 10.2. The van der Waals surface area contributed by atoms with E-state index in [1.54, 1.807) is 12.1 Å². The van der Waals surface area contributed by atoms with Crippen LogP contribution >= 0.6 is 0 Å². The van der Waals surface area contributed by atoms with Gasteiger partial charge < -0.3 is 33.5 Å². The summed E-state index contributed by atoms with van der Waals surface area (Å²) in [6.07, 6.45) is 1.31. The number of benzene rings is 1. The second-order valence-corrected chi connectivity index (χ2v) is 5.29. The van der Waals surface area contributed by atoms with Crippen molar-refractivity contribution in [2.45, 2.75) is 6.61 Å². The minimum Gasteiger partial charge on any atom is -0.493 e. The fourth-order valence-corrected chi connectivity index (χ4v) is 2.40. The molecule has 0 bridgehead atoms. The lowest BCUT2D eigenvalue weighted by molar-refractivity contribution is -0.390. The molecule has 0 aliphatic heterocycles. The average Bonchev–Trinajstić information content (AvgIpc) is 3.20. The van der Waals surface area contributed by atoms with E-state index in [0.717, 1.165) is 0 Å². The molecule has 0 aliphatic rings. The number of nitro groups is 1. The van der Waals surface area contributed by atoms with Crippen LogP contribution in [0, 0.1) is 10.1 Å². The first-order valence-corrected chi connectivity index (χ1v) is 7.92. The maximum atomic E-state index is 11.0. The summed E-state index contributed by atoms with van der Waals surface area (Å²) in [6.45, 7) is -0.163. The smallest absolute Gasteiger partial charge is 0.406 e. The highest BCUT2D eigenvalue weighted by molar-refractivity contribution is 5.65. The molecular weight excluding hydrogens is 372 g/mol. The minimum absolute atomic E-state index is 0.0000333. The quantitative estimate of drug-likeness (QED) is 0.419. The summed E-state index contributed by atoms with van der Waals surface area (Å²) in [5.41, 5.74) is 0.542. The van der Waals surface area contributed by atoms with Crippen LogP contribution in [0.3, 0.4) is 0 Å². The van der Waals surface area contributed by atoms with Crippen LogP contribution in [0.1, 0.15) is 5.89 Å². The molecule has 0 spiro atoms. The molecule has 0 saturated carbocycles. The van der Waals surface area contributed by atoms with Crippen LogP contribution in [0.5, 0.6) is 23.0 Å². The van der Waals surface area contributed by atoms with Crippen LogP contribution < -0.4 is 18.9 Å². The molecule has 3 rings (SSSR count). The Labute approximate surface area is 159 Å². The standard InChI is InChI=1S/C17H16N4O7/c1-24-12-7-10(8-13(25-2)15(12)26-3)17-20-19-14(28-17)9-27-11-5-4-6-18-16(11)21(22)23/h4-8H,9H2,1-3H3. The van der Waals surface area contributed by atoms with E-state index in [1.165, 1.54) is 39.7 Å². The van der Waals surface area contributed by atoms with Gasteiger partial charge in [-0.25, -0.2) is 0 Å². The van der Waals surface area contributed by atoms with Gasteiger partial charge in [0.05, 0.1) is 21.3 Å². The molecule has 28 heavy (non-hydrogen) atoms. The van der Waals surface area contributed by atoms with E-state index in [2.05, 4.69) is 15.2 Å². The Balaban J connectivity index is 1.82. The van der Waals surface area contributed by atoms with Crippen LogP contribution in [0.4, 0.5) is 5.82 Å². The van der Waals surface area contributed by atoms with Crippen molar-refractivity contribution in [3.63, 3.8) is 0 Å². The molecule has 0 N–H and O–H groups in total. The Morgan fingerprint density at radius 2 is 1.79 bits per heavy atom. The van der Waals surface area contributed by atoms with E-state index in [4.69, 9.17) is 23.4 Å². The van der Waals surface area contributed by atoms with Crippen LogP contribution in [0.2, 0.25) is 0 Å². The Kier molecular flexibility index (Phi) is 5.53. The van der Waals surface area contributed by atoms with Gasteiger partial charge in [-0.05, 0) is 34.2 Å². The van der Waals surface area contributed by atoms with Gasteiger partial charge in [-0.1, -0.05) is 0 Å². The predicted molar refractivity (Wildman–Crippen MR) is 94.6 cm³/mol. The lowest BCUT2D eigenvalue weighted by Gasteiger charge is -2.12. The Morgan fingerprint density at radius 1 is 1.07 bits per heavy atom. The molecule has 0 saturated heterocycles. The SMILES string of the molecule is COc1cc(-c2nnc(COc3cccnc3[N+](=O)[O-])o2)cc(OC)c1OC. The highest BCUT2D eigenvalue weighted by Crippen LogP contribution is 2.40. The normalized spacial score (nSPS) is 10.4. The largest absolute Gasteiger partial charge is 0.493 e. The van der Waals surface area contributed by atoms with Gasteiger partial charge in [0, 0.05) is 5.56 Å². The fraction of sp³-hybridized carbons (Fsp3) is 0.235. The van der Waals surface area contributed by atoms with Crippen molar-refractivity contribution in [3.05, 3.63) is 46.5 Å². The van der Waals surface area contributed by atoms with Crippen molar-refractivity contribution in [1.29, 1.82) is 0 Å². The number of hydrogen-bond donors (Lipinski definition) is 0. The van der Waals surface area contributed by atoms with E-state index in [9.17, 15) is 10.1 Å². The summed E-state index contributed by atoms with van der Waals surface area (Å²) < 4.78 is 26.8. The van der Waals surface area contributed by atoms with E-state index < -0.39 is 10.7 Å². The van der Waals surface area contributed by atoms with Gasteiger partial charge in [-0.3, -0.25) is 0 Å². The van der Waals surface area contributed by atoms with E-state index in [1.807, 2.05) is 0 Å². The Bertz CT molecular complexity index is 964. The van der Waals surface area contributed by atoms with Crippen molar-refractivity contribution in [2.24, 2.45) is 0 Å². The van der Waals surface area contributed by atoms with Gasteiger partial charge in [0.2, 0.25) is 17.4 Å². The van der Waals surface area contributed by atoms with Gasteiger partial charge in [-0.15, -0.1) is 10.2 Å². The molecule has 11 heteroatoms. The number of nitrogens with zero attached hydrogens (tertiary/aromatic N) is 4. The van der Waals surface area contributed by atoms with Crippen molar-refractivity contribution < 1.29 is 28.3 Å². The third-order valence-corrected chi connectivity index (χ3v) is 3.65. The molecule has 146 valence electrons. The predicted octanol–water partition coefficient (Wildman–Crippen LogP) is 2.64. The summed E-state index contributed by atoms with van der Waals surface area (Å²) in [6, 6.07) is 6.27. The van der Waals surface area contributed by atoms with Crippen LogP contribution in [0.25, 0.3) is 11.5 Å². The van der Waals surface area contributed by atoms with Crippen LogP contribution in [0.15, 0.2) is 34.9 Å². The van der Waals surface area contributed by atoms with Gasteiger partial charge in [0.25, 0.3) is 5.89 Å². The molecule has 3 aromatic rings. The van der Waals surface area contributed by atoms with E-state index >= 15 is 0 Å². The molecule has 2 heterocycles. The van der Waals surface area contributed by atoms with Crippen molar-refractivity contribution in [1.82, 2.24) is 15.2 Å². The summed E-state index contributed by atoms with van der Waals surface area (Å²) in [5.74, 6) is 1.21. The Morgan fingerprint density at radius 3 is 2.39 bits per heavy atom. The maximum Gasteiger partial charge on any atom is 0.406 e. The summed E-state index contributed by atoms with van der Waals surface area (Å²) in [5, 5.41) is 18.8. The van der Waals surface area contributed by atoms with Gasteiger partial charge in [-0.2, -0.15) is 0 Å². The summed E-state index contributed by atoms with van der Waals surface area (Å²) >= 11 is 0. The van der Waals surface area contributed by atoms with Crippen molar-refractivity contribution in [2.75, 3.05) is 21.3 Å². The third-order valence-electron chi connectivity index (χ3n) is 3.65. The Hall–Kier alpha value is -3.89. The van der Waals surface area contributed by atoms with Gasteiger partial charge in [0.1, 0.15) is 6.20 Å². The number of ether oxygens (including phenoxy) is 4. The second kappa shape index (κ2) is 8.20. The van der Waals surface area contributed by atoms with Gasteiger partial charge in [0.15, 0.2) is 18.1 Å². The van der Waals surface area contributed by atoms with Crippen LogP contribution in [-0.4, -0.2) is 41.4 Å². The summed E-state index contributed by atoms with van der Waals surface area (Å²) in [4.78, 5) is 14.0. The molecule has 0 unspecified atom stereocenters. The summed E-state index contributed by atoms with van der Waals surface area (Å²) in [7, 11) is 4.49. The number of methoxy groups -OCH3 is 3. The van der Waals surface area contributed by atoms with Crippen LogP contribution in [-0.2, 0) is 6.61 Å². The zero-order valence-electron chi connectivity index (χ0n) is 15.2. The molecule has 0 aliphatic carbocycles. The maximum absolute atomic E-state index is 11.0. The molecule has 0 radical (unpaired) electrons. The highest BCUT2D eigenvalue weighted by Gasteiger charge is 2.19. The molecular formula is C17H16N4O7. The zero-order valence-corrected chi connectivity index (χ0v) is 15.2. The minimum atomic E-state index is -0.634. The number of aromatic nitrogens is 3. The molecule has 0 atom stereocenters. The molecule has 2 aromatic heterocycles. The first-order chi connectivity index (χ1) is 13.6. The van der Waals surface area contributed by atoms with Crippen molar-refractivity contribution >= 4 is 5.82 Å². The monoisotopic (exact) mass is 388 g/mol. The second-order valence-electron chi connectivity index (χ2n) is 5.29. The zero-order chi connectivity index (χ0) is 20.1. The topological polar surface area (TPSA) is 132 Å². The average molecular weight is 388 g/mol. The fourth-order valence-electron chi connectivity index (χ4n) is 2.40. The molecule has 1 aromatic carbocycles. The highest BCUT2D eigenvalue weighted by atomic mass is 16.6. The first kappa shape index (κ1) is 18.9. The molecule has 0 amide bonds. The molecule has 11 nitrogen and oxygen atoms in total. The number of rotatable bonds is 8. The lowest BCUT2D eigenvalue weighted by Crippen LogP contribution is -2.00.